The number of hydrogen-bond acceptors (Lipinski definition) is 7. The summed E-state index contributed by atoms with van der Waals surface area (Å²) in [6, 6.07) is 9.45. The number of ether oxygens (including phenoxy) is 2. The van der Waals surface area contributed by atoms with Crippen LogP contribution in [-0.2, 0) is 14.3 Å². The van der Waals surface area contributed by atoms with Crippen molar-refractivity contribution in [2.45, 2.75) is 6.92 Å². The van der Waals surface area contributed by atoms with Gasteiger partial charge >= 0.3 is 5.97 Å². The molecule has 27 heavy (non-hydrogen) atoms. The van der Waals surface area contributed by atoms with Crippen LogP contribution in [0.3, 0.4) is 0 Å². The van der Waals surface area contributed by atoms with Crippen molar-refractivity contribution >= 4 is 23.7 Å². The predicted octanol–water partition coefficient (Wildman–Crippen LogP) is 0.908. The van der Waals surface area contributed by atoms with Gasteiger partial charge in [-0.2, -0.15) is 0 Å². The lowest BCUT2D eigenvalue weighted by atomic mass is 10.2. The average Bonchev–Trinajstić information content (AvgIpc) is 3.20. The lowest BCUT2D eigenvalue weighted by Gasteiger charge is -2.10. The van der Waals surface area contributed by atoms with E-state index in [1.54, 1.807) is 31.2 Å². The summed E-state index contributed by atoms with van der Waals surface area (Å²) in [6.45, 7) is 1.06. The van der Waals surface area contributed by atoms with Gasteiger partial charge in [0, 0.05) is 0 Å². The second-order valence-corrected chi connectivity index (χ2v) is 5.13. The van der Waals surface area contributed by atoms with Gasteiger partial charge in [0.1, 0.15) is 12.3 Å². The summed E-state index contributed by atoms with van der Waals surface area (Å²) >= 11 is 0. The SMILES string of the molecule is CCOc1ccccc1C(=O)NCC(=O)OCC(=O)NC(=O)c1ccco1. The fraction of sp³-hybridized carbons (Fsp3) is 0.222. The third kappa shape index (κ3) is 5.99. The predicted molar refractivity (Wildman–Crippen MR) is 92.1 cm³/mol. The molecule has 0 aliphatic rings. The number of amides is 3. The standard InChI is InChI=1S/C18H18N2O7/c1-2-25-13-7-4-3-6-12(13)17(23)19-10-16(22)27-11-15(21)20-18(24)14-8-5-9-26-14/h3-9H,2,10-11H2,1H3,(H,19,23)(H,20,21,24). The Morgan fingerprint density at radius 1 is 1.04 bits per heavy atom. The number of nitrogens with one attached hydrogen (secondary N) is 2. The highest BCUT2D eigenvalue weighted by Gasteiger charge is 2.16. The Morgan fingerprint density at radius 2 is 1.81 bits per heavy atom. The molecule has 0 aliphatic heterocycles. The summed E-state index contributed by atoms with van der Waals surface area (Å²) in [5.74, 6) is -2.58. The van der Waals surface area contributed by atoms with E-state index in [2.05, 4.69) is 5.32 Å². The molecule has 0 aliphatic carbocycles. The summed E-state index contributed by atoms with van der Waals surface area (Å²) in [5.41, 5.74) is 0.272. The van der Waals surface area contributed by atoms with Crippen molar-refractivity contribution in [3.63, 3.8) is 0 Å². The van der Waals surface area contributed by atoms with Crippen molar-refractivity contribution in [2.75, 3.05) is 19.8 Å². The smallest absolute Gasteiger partial charge is 0.325 e. The summed E-state index contributed by atoms with van der Waals surface area (Å²) in [5, 5.41) is 4.37. The molecule has 3 amide bonds. The molecule has 1 aromatic carbocycles. The maximum Gasteiger partial charge on any atom is 0.325 e. The van der Waals surface area contributed by atoms with Crippen LogP contribution in [0.1, 0.15) is 27.8 Å². The summed E-state index contributed by atoms with van der Waals surface area (Å²) in [6.07, 6.45) is 1.28. The van der Waals surface area contributed by atoms with E-state index in [9.17, 15) is 19.2 Å². The molecule has 0 fully saturated rings. The lowest BCUT2D eigenvalue weighted by Crippen LogP contribution is -2.36. The van der Waals surface area contributed by atoms with Gasteiger partial charge in [0.25, 0.3) is 17.7 Å². The first-order valence-electron chi connectivity index (χ1n) is 8.04. The Bertz CT molecular complexity index is 815. The molecule has 1 heterocycles. The fourth-order valence-electron chi connectivity index (χ4n) is 2.01. The van der Waals surface area contributed by atoms with Crippen LogP contribution >= 0.6 is 0 Å². The van der Waals surface area contributed by atoms with Crippen molar-refractivity contribution in [1.82, 2.24) is 10.6 Å². The average molecular weight is 374 g/mol. The Hall–Kier alpha value is -3.62. The molecule has 0 unspecified atom stereocenters. The van der Waals surface area contributed by atoms with Crippen LogP contribution in [0.15, 0.2) is 47.1 Å². The molecular weight excluding hydrogens is 356 g/mol. The first kappa shape index (κ1) is 19.7. The van der Waals surface area contributed by atoms with E-state index in [1.807, 2.05) is 5.32 Å². The van der Waals surface area contributed by atoms with Crippen LogP contribution < -0.4 is 15.4 Å². The Morgan fingerprint density at radius 3 is 2.52 bits per heavy atom. The molecule has 0 atom stereocenters. The van der Waals surface area contributed by atoms with Gasteiger partial charge in [-0.3, -0.25) is 24.5 Å². The van der Waals surface area contributed by atoms with Gasteiger partial charge in [0.15, 0.2) is 12.4 Å². The largest absolute Gasteiger partial charge is 0.493 e. The molecule has 0 saturated heterocycles. The molecule has 9 heteroatoms. The second-order valence-electron chi connectivity index (χ2n) is 5.13. The molecule has 2 aromatic rings. The zero-order chi connectivity index (χ0) is 19.6. The molecule has 2 rings (SSSR count). The molecule has 9 nitrogen and oxygen atoms in total. The van der Waals surface area contributed by atoms with Gasteiger partial charge in [0.2, 0.25) is 0 Å². The van der Waals surface area contributed by atoms with Crippen LogP contribution in [0.4, 0.5) is 0 Å². The Labute approximate surface area is 154 Å². The molecule has 2 N–H and O–H groups in total. The molecule has 0 radical (unpaired) electrons. The van der Waals surface area contributed by atoms with E-state index >= 15 is 0 Å². The Kier molecular flexibility index (Phi) is 7.12. The van der Waals surface area contributed by atoms with Crippen LogP contribution in [0.25, 0.3) is 0 Å². The van der Waals surface area contributed by atoms with E-state index < -0.39 is 36.8 Å². The number of hydrogen-bond donors (Lipinski definition) is 2. The van der Waals surface area contributed by atoms with E-state index in [0.717, 1.165) is 0 Å². The highest BCUT2D eigenvalue weighted by atomic mass is 16.5. The number of carbonyl (C=O) groups is 4. The normalized spacial score (nSPS) is 9.96. The van der Waals surface area contributed by atoms with Crippen LogP contribution in [-0.4, -0.2) is 43.4 Å². The minimum atomic E-state index is -0.835. The highest BCUT2D eigenvalue weighted by molar-refractivity contribution is 6.03. The topological polar surface area (TPSA) is 124 Å². The van der Waals surface area contributed by atoms with Gasteiger partial charge in [-0.25, -0.2) is 0 Å². The van der Waals surface area contributed by atoms with E-state index in [1.165, 1.54) is 18.4 Å². The van der Waals surface area contributed by atoms with Gasteiger partial charge in [-0.15, -0.1) is 0 Å². The first-order valence-corrected chi connectivity index (χ1v) is 8.04. The molecular formula is C18H18N2O7. The number of imide groups is 1. The number of rotatable bonds is 8. The quantitative estimate of drug-likeness (QED) is 0.658. The van der Waals surface area contributed by atoms with E-state index in [-0.39, 0.29) is 11.3 Å². The minimum Gasteiger partial charge on any atom is -0.493 e. The first-order chi connectivity index (χ1) is 13.0. The molecule has 142 valence electrons. The van der Waals surface area contributed by atoms with E-state index in [0.29, 0.717) is 12.4 Å². The number of benzene rings is 1. The molecule has 0 spiro atoms. The number of para-hydroxylation sites is 1. The summed E-state index contributed by atoms with van der Waals surface area (Å²) in [4.78, 5) is 46.9. The third-order valence-electron chi connectivity index (χ3n) is 3.19. The van der Waals surface area contributed by atoms with Crippen molar-refractivity contribution in [3.8, 4) is 5.75 Å². The van der Waals surface area contributed by atoms with Gasteiger partial charge < -0.3 is 19.2 Å². The molecule has 0 saturated carbocycles. The molecule has 0 bridgehead atoms. The monoisotopic (exact) mass is 374 g/mol. The zero-order valence-electron chi connectivity index (χ0n) is 14.5. The Balaban J connectivity index is 1.75. The lowest BCUT2D eigenvalue weighted by molar-refractivity contribution is -0.147. The van der Waals surface area contributed by atoms with E-state index in [4.69, 9.17) is 13.9 Å². The van der Waals surface area contributed by atoms with Gasteiger partial charge in [0.05, 0.1) is 18.4 Å². The molecule has 1 aromatic heterocycles. The second kappa shape index (κ2) is 9.76. The number of carbonyl (C=O) groups excluding carboxylic acids is 4. The maximum atomic E-state index is 12.1. The van der Waals surface area contributed by atoms with Crippen molar-refractivity contribution in [3.05, 3.63) is 54.0 Å². The zero-order valence-corrected chi connectivity index (χ0v) is 14.5. The number of furan rings is 1. The van der Waals surface area contributed by atoms with Gasteiger partial charge in [-0.05, 0) is 31.2 Å². The highest BCUT2D eigenvalue weighted by Crippen LogP contribution is 2.17. The van der Waals surface area contributed by atoms with Crippen molar-refractivity contribution in [1.29, 1.82) is 0 Å². The summed E-state index contributed by atoms with van der Waals surface area (Å²) in [7, 11) is 0. The number of esters is 1. The maximum absolute atomic E-state index is 12.1. The van der Waals surface area contributed by atoms with Crippen LogP contribution in [0.2, 0.25) is 0 Å². The summed E-state index contributed by atoms with van der Waals surface area (Å²) < 4.78 is 14.9. The minimum absolute atomic E-state index is 0.0464. The third-order valence-corrected chi connectivity index (χ3v) is 3.19. The van der Waals surface area contributed by atoms with Crippen LogP contribution in [0.5, 0.6) is 5.75 Å². The van der Waals surface area contributed by atoms with Crippen molar-refractivity contribution < 1.29 is 33.1 Å². The van der Waals surface area contributed by atoms with Crippen LogP contribution in [0, 0.1) is 0 Å². The van der Waals surface area contributed by atoms with Crippen molar-refractivity contribution in [2.24, 2.45) is 0 Å². The van der Waals surface area contributed by atoms with Gasteiger partial charge in [-0.1, -0.05) is 12.1 Å². The fourth-order valence-corrected chi connectivity index (χ4v) is 2.01.